The van der Waals surface area contributed by atoms with E-state index in [4.69, 9.17) is 10.5 Å². The molecule has 9 N–H and O–H groups in total. The quantitative estimate of drug-likeness (QED) is 0.142. The van der Waals surface area contributed by atoms with E-state index in [2.05, 4.69) is 38.2 Å². The van der Waals surface area contributed by atoms with Crippen molar-refractivity contribution in [3.63, 3.8) is 0 Å². The Hall–Kier alpha value is -1.17. The van der Waals surface area contributed by atoms with Gasteiger partial charge in [0.15, 0.2) is 5.78 Å². The Morgan fingerprint density at radius 1 is 1.08 bits per heavy atom. The molecule has 0 amide bonds. The summed E-state index contributed by atoms with van der Waals surface area (Å²) in [7, 11) is 0. The van der Waals surface area contributed by atoms with Crippen molar-refractivity contribution >= 4 is 5.78 Å². The summed E-state index contributed by atoms with van der Waals surface area (Å²) in [5, 5.41) is 62.0. The number of ketones is 1. The number of carbonyl (C=O) groups excluding carboxylic acids is 1. The molecule has 0 bridgehead atoms. The van der Waals surface area contributed by atoms with E-state index in [9.17, 15) is 30.3 Å². The molecule has 9 nitrogen and oxygen atoms in total. The summed E-state index contributed by atoms with van der Waals surface area (Å²) in [5.74, 6) is -0.0262. The molecule has 5 fully saturated rings. The number of carbonyl (C=O) groups is 1. The maximum Gasteiger partial charge on any atom is 0.159 e. The molecular formula is C41H67N2O7+. The first-order chi connectivity index (χ1) is 23.7. The van der Waals surface area contributed by atoms with Gasteiger partial charge in [-0.25, -0.2) is 0 Å². The molecule has 50 heavy (non-hydrogen) atoms. The zero-order valence-electron chi connectivity index (χ0n) is 31.1. The molecule has 2 heterocycles. The Balaban J connectivity index is 1.22. The molecule has 7 aliphatic rings. The molecule has 282 valence electrons. The Labute approximate surface area is 299 Å². The van der Waals surface area contributed by atoms with Crippen LogP contribution in [0, 0.1) is 58.2 Å². The van der Waals surface area contributed by atoms with Crippen molar-refractivity contribution in [2.24, 2.45) is 63.9 Å². The van der Waals surface area contributed by atoms with E-state index >= 15 is 0 Å². The number of hydrogen-bond acceptors (Lipinski definition) is 8. The van der Waals surface area contributed by atoms with Crippen molar-refractivity contribution < 1.29 is 40.4 Å². The van der Waals surface area contributed by atoms with Crippen LogP contribution in [0.2, 0.25) is 0 Å². The van der Waals surface area contributed by atoms with Gasteiger partial charge in [-0.3, -0.25) is 10.5 Å². The first-order valence-corrected chi connectivity index (χ1v) is 20.3. The standard InChI is InChI=1S/C41H66N2O7/c1-5-6-7-8-9-27-22-50-36(23(27)2)37(47)39(4,48)33-14-15-41(49)29-17-30(44)28-16-31(45)32(46)20-40(28)19-24(26-12-13-34(42)43-21-26)10-11-25(35(29)40)18-38(33,41)3/h10-11,17,23-28,31-37,43,45-49H,5-9,12-16,18-22,42H2,1-4H3/p+1. The molecule has 0 aromatic carbocycles. The summed E-state index contributed by atoms with van der Waals surface area (Å²) in [6.07, 6.45) is 13.7. The second-order valence-electron chi connectivity index (χ2n) is 18.7. The summed E-state index contributed by atoms with van der Waals surface area (Å²) in [6.45, 7) is 9.69. The predicted octanol–water partition coefficient (Wildman–Crippen LogP) is 2.96. The van der Waals surface area contributed by atoms with Crippen molar-refractivity contribution in [3.05, 3.63) is 23.8 Å². The lowest BCUT2D eigenvalue weighted by molar-refractivity contribution is -0.703. The van der Waals surface area contributed by atoms with Gasteiger partial charge in [-0.1, -0.05) is 58.6 Å². The maximum atomic E-state index is 14.3. The summed E-state index contributed by atoms with van der Waals surface area (Å²) in [6, 6.07) is 0. The zero-order valence-corrected chi connectivity index (χ0v) is 31.1. The number of rotatable bonds is 9. The predicted molar refractivity (Wildman–Crippen MR) is 190 cm³/mol. The second-order valence-corrected chi connectivity index (χ2v) is 18.7. The number of hydrogen-bond donors (Lipinski definition) is 7. The average Bonchev–Trinajstić information content (AvgIpc) is 3.52. The molecule has 17 unspecified atom stereocenters. The van der Waals surface area contributed by atoms with Crippen molar-refractivity contribution in [3.8, 4) is 0 Å². The highest BCUT2D eigenvalue weighted by Gasteiger charge is 2.72. The van der Waals surface area contributed by atoms with Crippen molar-refractivity contribution in [2.45, 2.75) is 153 Å². The van der Waals surface area contributed by atoms with Crippen LogP contribution in [0.5, 0.6) is 0 Å². The summed E-state index contributed by atoms with van der Waals surface area (Å²) in [5.41, 5.74) is 2.74. The van der Waals surface area contributed by atoms with E-state index < -0.39 is 58.3 Å². The molecule has 3 saturated carbocycles. The fourth-order valence-electron chi connectivity index (χ4n) is 13.2. The maximum absolute atomic E-state index is 14.3. The lowest BCUT2D eigenvalue weighted by atomic mass is 9.42. The van der Waals surface area contributed by atoms with Gasteiger partial charge in [0.25, 0.3) is 0 Å². The molecular weight excluding hydrogens is 632 g/mol. The molecule has 0 aromatic heterocycles. The van der Waals surface area contributed by atoms with Gasteiger partial charge >= 0.3 is 0 Å². The van der Waals surface area contributed by atoms with Gasteiger partial charge in [-0.2, -0.15) is 0 Å². The minimum absolute atomic E-state index is 0.0212. The topological polar surface area (TPSA) is 170 Å². The highest BCUT2D eigenvalue weighted by molar-refractivity contribution is 5.95. The molecule has 2 saturated heterocycles. The number of unbranched alkanes of at least 4 members (excludes halogenated alkanes) is 3. The number of piperidine rings is 1. The average molecular weight is 700 g/mol. The highest BCUT2D eigenvalue weighted by Crippen LogP contribution is 2.72. The number of aliphatic hydroxyl groups excluding tert-OH is 3. The van der Waals surface area contributed by atoms with E-state index in [-0.39, 0.29) is 42.0 Å². The fraction of sp³-hybridized carbons (Fsp3) is 0.878. The summed E-state index contributed by atoms with van der Waals surface area (Å²) >= 11 is 0. The Morgan fingerprint density at radius 3 is 2.56 bits per heavy atom. The van der Waals surface area contributed by atoms with Crippen LogP contribution in [0.15, 0.2) is 23.8 Å². The third-order valence-corrected chi connectivity index (χ3v) is 16.1. The Kier molecular flexibility index (Phi) is 10.1. The smallest absolute Gasteiger partial charge is 0.159 e. The minimum Gasteiger partial charge on any atom is -0.390 e. The van der Waals surface area contributed by atoms with E-state index in [0.29, 0.717) is 44.1 Å². The van der Waals surface area contributed by atoms with E-state index in [1.807, 2.05) is 0 Å². The number of aliphatic hydroxyl groups is 5. The van der Waals surface area contributed by atoms with Gasteiger partial charge in [0.1, 0.15) is 12.3 Å². The molecule has 9 heteroatoms. The van der Waals surface area contributed by atoms with Crippen molar-refractivity contribution in [1.82, 2.24) is 0 Å². The van der Waals surface area contributed by atoms with Crippen LogP contribution < -0.4 is 11.1 Å². The van der Waals surface area contributed by atoms with Gasteiger partial charge in [-0.05, 0) is 111 Å². The highest BCUT2D eigenvalue weighted by atomic mass is 16.5. The number of nitrogens with two attached hydrogens (primary N) is 2. The van der Waals surface area contributed by atoms with Gasteiger partial charge in [0.05, 0.1) is 42.7 Å². The van der Waals surface area contributed by atoms with Crippen LogP contribution in [-0.2, 0) is 9.53 Å². The van der Waals surface area contributed by atoms with Gasteiger partial charge < -0.3 is 35.6 Å². The monoisotopic (exact) mass is 699 g/mol. The third-order valence-electron chi connectivity index (χ3n) is 16.1. The molecule has 5 aliphatic carbocycles. The molecule has 0 radical (unpaired) electrons. The SMILES string of the molecule is CCCCCCC1COC(C(O)C(C)(O)C2CCC3(O)C4=CC(=O)C5CC(O)C(O)CC56CC(C5CCC(N)[NH2+]C5)C=CC(CC23C)C46)C1C. The van der Waals surface area contributed by atoms with Crippen LogP contribution in [0.3, 0.4) is 0 Å². The van der Waals surface area contributed by atoms with Crippen LogP contribution >= 0.6 is 0 Å². The number of ether oxygens (including phenoxy) is 1. The van der Waals surface area contributed by atoms with Crippen LogP contribution in [0.1, 0.15) is 111 Å². The third kappa shape index (κ3) is 5.75. The van der Waals surface area contributed by atoms with E-state index in [1.54, 1.807) is 13.0 Å². The second kappa shape index (κ2) is 13.6. The molecule has 17 atom stereocenters. The molecule has 0 aromatic rings. The number of quaternary nitrogens is 1. The Bertz CT molecular complexity index is 1330. The van der Waals surface area contributed by atoms with Crippen molar-refractivity contribution in [2.75, 3.05) is 13.2 Å². The molecule has 1 spiro atoms. The molecule has 2 aliphatic heterocycles. The van der Waals surface area contributed by atoms with Crippen LogP contribution in [0.25, 0.3) is 0 Å². The van der Waals surface area contributed by atoms with Crippen molar-refractivity contribution in [1.29, 1.82) is 0 Å². The van der Waals surface area contributed by atoms with Gasteiger partial charge in [0, 0.05) is 23.7 Å². The summed E-state index contributed by atoms with van der Waals surface area (Å²) < 4.78 is 6.28. The van der Waals surface area contributed by atoms with Crippen LogP contribution in [0.4, 0.5) is 0 Å². The lowest BCUT2D eigenvalue weighted by Gasteiger charge is -2.63. The normalized spacial score (nSPS) is 50.4. The minimum atomic E-state index is -1.53. The van der Waals surface area contributed by atoms with E-state index in [1.165, 1.54) is 19.3 Å². The lowest BCUT2D eigenvalue weighted by Crippen LogP contribution is -2.95. The van der Waals surface area contributed by atoms with Crippen LogP contribution in [-0.4, -0.2) is 86.3 Å². The first-order valence-electron chi connectivity index (χ1n) is 20.3. The fourth-order valence-corrected chi connectivity index (χ4v) is 13.2. The van der Waals surface area contributed by atoms with Gasteiger partial charge in [0.2, 0.25) is 0 Å². The van der Waals surface area contributed by atoms with E-state index in [0.717, 1.165) is 44.2 Å². The largest absolute Gasteiger partial charge is 0.390 e. The first kappa shape index (κ1) is 37.2. The summed E-state index contributed by atoms with van der Waals surface area (Å²) in [4.78, 5) is 14.3. The Morgan fingerprint density at radius 2 is 1.84 bits per heavy atom. The zero-order chi connectivity index (χ0) is 35.8. The van der Waals surface area contributed by atoms with Gasteiger partial charge in [-0.15, -0.1) is 0 Å². The number of allylic oxidation sites excluding steroid dienone is 3. The number of fused-ring (bicyclic) bond motifs is 2. The molecule has 7 rings (SSSR count).